The fourth-order valence-electron chi connectivity index (χ4n) is 8.31. The standard InChI is InChI=1S/C49H35N7/c1-5-19-43-37(13-1)38-14-2-6-20-44(38)55(43)35-29-34(30-36(31-35)56-45-21-7-3-15-39(45)40-16-4-8-22-46(40)56)32-23-25-33(26-24-32)47-52-48(41-17-9-11-27-50-41)54-49(53-47)42-18-10-12-28-51-42/h1-8,11,13-16,18-31H,9-10,12,17H2. The summed E-state index contributed by atoms with van der Waals surface area (Å²) in [6.45, 7) is 0. The van der Waals surface area contributed by atoms with Gasteiger partial charge >= 0.3 is 0 Å². The first-order chi connectivity index (χ1) is 27.8. The van der Waals surface area contributed by atoms with Crippen molar-refractivity contribution in [3.05, 3.63) is 170 Å². The third kappa shape index (κ3) is 5.39. The molecule has 0 unspecified atom stereocenters. The van der Waals surface area contributed by atoms with Crippen molar-refractivity contribution in [1.82, 2.24) is 24.1 Å². The van der Waals surface area contributed by atoms with Gasteiger partial charge in [-0.1, -0.05) is 109 Å². The first-order valence-corrected chi connectivity index (χ1v) is 19.2. The van der Waals surface area contributed by atoms with Crippen LogP contribution in [0.2, 0.25) is 0 Å². The summed E-state index contributed by atoms with van der Waals surface area (Å²) in [4.78, 5) is 24.0. The Morgan fingerprint density at radius 2 is 0.964 bits per heavy atom. The van der Waals surface area contributed by atoms with Gasteiger partial charge in [0.2, 0.25) is 0 Å². The topological polar surface area (TPSA) is 73.2 Å². The molecule has 0 spiro atoms. The van der Waals surface area contributed by atoms with E-state index >= 15 is 0 Å². The lowest BCUT2D eigenvalue weighted by atomic mass is 10.0. The molecular weight excluding hydrogens is 687 g/mol. The van der Waals surface area contributed by atoms with Crippen molar-refractivity contribution in [1.29, 1.82) is 0 Å². The Kier molecular flexibility index (Phi) is 7.62. The number of para-hydroxylation sites is 4. The van der Waals surface area contributed by atoms with Crippen LogP contribution >= 0.6 is 0 Å². The lowest BCUT2D eigenvalue weighted by Gasteiger charge is -2.16. The SMILES string of the molecule is C1=CN=C(c2nc(C3=CCCC=N3)nc(-c3ccc(-c4cc(-n5c6ccccc6c6ccccc65)cc(-n5c6ccccc6c6ccccc65)c4)cc3)n2)CC1. The highest BCUT2D eigenvalue weighted by atomic mass is 15.1. The smallest absolute Gasteiger partial charge is 0.182 e. The summed E-state index contributed by atoms with van der Waals surface area (Å²) in [7, 11) is 0. The molecule has 2 aliphatic heterocycles. The molecule has 0 saturated carbocycles. The van der Waals surface area contributed by atoms with Gasteiger partial charge in [0, 0.05) is 50.9 Å². The van der Waals surface area contributed by atoms with Crippen molar-refractivity contribution in [3.8, 4) is 33.9 Å². The number of allylic oxidation sites excluding steroid dienone is 2. The quantitative estimate of drug-likeness (QED) is 0.172. The Bertz CT molecular complexity index is 2900. The predicted octanol–water partition coefficient (Wildman–Crippen LogP) is 11.7. The zero-order valence-corrected chi connectivity index (χ0v) is 30.5. The maximum atomic E-state index is 4.96. The van der Waals surface area contributed by atoms with Crippen LogP contribution in [-0.4, -0.2) is 36.0 Å². The highest BCUT2D eigenvalue weighted by Gasteiger charge is 2.19. The highest BCUT2D eigenvalue weighted by Crippen LogP contribution is 2.38. The Morgan fingerprint density at radius 3 is 1.48 bits per heavy atom. The molecule has 0 fully saturated rings. The van der Waals surface area contributed by atoms with Gasteiger partial charge in [0.1, 0.15) is 5.70 Å². The molecule has 0 aliphatic carbocycles. The van der Waals surface area contributed by atoms with E-state index in [4.69, 9.17) is 15.0 Å². The second kappa shape index (κ2) is 13.2. The minimum atomic E-state index is 0.581. The van der Waals surface area contributed by atoms with Crippen molar-refractivity contribution < 1.29 is 0 Å². The maximum Gasteiger partial charge on any atom is 0.182 e. The van der Waals surface area contributed by atoms with Gasteiger partial charge in [-0.15, -0.1) is 0 Å². The molecule has 0 saturated heterocycles. The zero-order chi connectivity index (χ0) is 37.0. The van der Waals surface area contributed by atoms with Gasteiger partial charge in [-0.25, -0.2) is 15.0 Å². The molecule has 2 aliphatic rings. The van der Waals surface area contributed by atoms with Gasteiger partial charge < -0.3 is 9.13 Å². The van der Waals surface area contributed by atoms with Crippen LogP contribution in [0.15, 0.2) is 168 Å². The normalized spacial score (nSPS) is 14.2. The summed E-state index contributed by atoms with van der Waals surface area (Å²) in [5.41, 5.74) is 11.6. The molecule has 0 atom stereocenters. The number of aromatic nitrogens is 5. The van der Waals surface area contributed by atoms with Crippen LogP contribution in [0.5, 0.6) is 0 Å². The van der Waals surface area contributed by atoms with Gasteiger partial charge in [0.05, 0.1) is 27.8 Å². The minimum Gasteiger partial charge on any atom is -0.309 e. The summed E-state index contributed by atoms with van der Waals surface area (Å²) >= 11 is 0. The fourth-order valence-corrected chi connectivity index (χ4v) is 8.31. The first kappa shape index (κ1) is 32.2. The van der Waals surface area contributed by atoms with E-state index in [1.165, 1.54) is 43.6 Å². The number of hydrogen-bond donors (Lipinski definition) is 0. The van der Waals surface area contributed by atoms with Crippen LogP contribution in [0.1, 0.15) is 37.3 Å². The predicted molar refractivity (Wildman–Crippen MR) is 230 cm³/mol. The summed E-state index contributed by atoms with van der Waals surface area (Å²) < 4.78 is 4.80. The van der Waals surface area contributed by atoms with Crippen LogP contribution in [0.3, 0.4) is 0 Å². The first-order valence-electron chi connectivity index (χ1n) is 19.2. The Morgan fingerprint density at radius 1 is 0.446 bits per heavy atom. The second-order valence-electron chi connectivity index (χ2n) is 14.3. The monoisotopic (exact) mass is 721 g/mol. The van der Waals surface area contributed by atoms with Gasteiger partial charge in [0.15, 0.2) is 17.5 Å². The van der Waals surface area contributed by atoms with Gasteiger partial charge in [0.25, 0.3) is 0 Å². The van der Waals surface area contributed by atoms with E-state index in [2.05, 4.69) is 171 Å². The molecule has 266 valence electrons. The highest BCUT2D eigenvalue weighted by molar-refractivity contribution is 6.10. The Labute approximate surface area is 323 Å². The number of nitrogens with zero attached hydrogens (tertiary/aromatic N) is 7. The molecule has 56 heavy (non-hydrogen) atoms. The molecule has 7 heteroatoms. The molecule has 11 rings (SSSR count). The molecule has 0 radical (unpaired) electrons. The van der Waals surface area contributed by atoms with Crippen molar-refractivity contribution in [2.24, 2.45) is 9.98 Å². The largest absolute Gasteiger partial charge is 0.309 e. The molecule has 7 nitrogen and oxygen atoms in total. The molecule has 0 amide bonds. The molecule has 5 heterocycles. The fraction of sp³-hybridized carbons (Fsp3) is 0.0816. The van der Waals surface area contributed by atoms with Crippen LogP contribution in [-0.2, 0) is 0 Å². The van der Waals surface area contributed by atoms with Crippen LogP contribution in [0.25, 0.3) is 83.2 Å². The Balaban J connectivity index is 1.10. The second-order valence-corrected chi connectivity index (χ2v) is 14.3. The average Bonchev–Trinajstić information content (AvgIpc) is 3.80. The number of rotatable bonds is 6. The number of hydrogen-bond acceptors (Lipinski definition) is 5. The van der Waals surface area contributed by atoms with Crippen LogP contribution < -0.4 is 0 Å². The summed E-state index contributed by atoms with van der Waals surface area (Å²) in [6.07, 6.45) is 11.5. The van der Waals surface area contributed by atoms with Gasteiger partial charge in [-0.05, 0) is 79.3 Å². The van der Waals surface area contributed by atoms with E-state index in [9.17, 15) is 0 Å². The summed E-state index contributed by atoms with van der Waals surface area (Å²) in [5.74, 6) is 1.80. The van der Waals surface area contributed by atoms with Crippen LogP contribution in [0, 0.1) is 0 Å². The van der Waals surface area contributed by atoms with Crippen molar-refractivity contribution in [2.45, 2.75) is 25.7 Å². The van der Waals surface area contributed by atoms with Gasteiger partial charge in [-0.3, -0.25) is 9.98 Å². The van der Waals surface area contributed by atoms with Crippen molar-refractivity contribution >= 4 is 61.2 Å². The van der Waals surface area contributed by atoms with E-state index in [0.29, 0.717) is 17.5 Å². The van der Waals surface area contributed by atoms with Gasteiger partial charge in [-0.2, -0.15) is 0 Å². The van der Waals surface area contributed by atoms with Crippen molar-refractivity contribution in [3.63, 3.8) is 0 Å². The Hall–Kier alpha value is -7.25. The summed E-state index contributed by atoms with van der Waals surface area (Å²) in [6, 6.07) is 50.3. The molecule has 9 aromatic rings. The van der Waals surface area contributed by atoms with E-state index in [1.807, 2.05) is 12.4 Å². The summed E-state index contributed by atoms with van der Waals surface area (Å²) in [5, 5.41) is 4.93. The third-order valence-corrected chi connectivity index (χ3v) is 10.9. The zero-order valence-electron chi connectivity index (χ0n) is 30.5. The number of fused-ring (bicyclic) bond motifs is 6. The maximum absolute atomic E-state index is 4.96. The molecule has 0 N–H and O–H groups in total. The van der Waals surface area contributed by atoms with Crippen LogP contribution in [0.4, 0.5) is 0 Å². The third-order valence-electron chi connectivity index (χ3n) is 10.9. The van der Waals surface area contributed by atoms with E-state index in [-0.39, 0.29) is 0 Å². The molecule has 6 aromatic carbocycles. The number of benzene rings is 6. The lowest BCUT2D eigenvalue weighted by molar-refractivity contribution is 0.962. The van der Waals surface area contributed by atoms with E-state index in [0.717, 1.165) is 65.2 Å². The van der Waals surface area contributed by atoms with Crippen molar-refractivity contribution in [2.75, 3.05) is 0 Å². The lowest BCUT2D eigenvalue weighted by Crippen LogP contribution is -2.13. The van der Waals surface area contributed by atoms with E-state index in [1.54, 1.807) is 0 Å². The molecule has 3 aromatic heterocycles. The average molecular weight is 722 g/mol. The minimum absolute atomic E-state index is 0.581. The molecular formula is C49H35N7. The van der Waals surface area contributed by atoms with E-state index < -0.39 is 0 Å². The molecule has 0 bridgehead atoms. The number of aliphatic imine (C=N–C) groups is 2.